The molecule has 0 saturated carbocycles. The number of hydrogen-bond donors (Lipinski definition) is 0. The molecule has 1 rings (SSSR count). The van der Waals surface area contributed by atoms with E-state index < -0.39 is 0 Å². The molecule has 3 heteroatoms. The molecule has 1 fully saturated rings. The lowest BCUT2D eigenvalue weighted by molar-refractivity contribution is -0.134. The van der Waals surface area contributed by atoms with Crippen molar-refractivity contribution in [3.63, 3.8) is 0 Å². The van der Waals surface area contributed by atoms with Crippen molar-refractivity contribution < 1.29 is 14.2 Å². The molecule has 60 valence electrons. The standard InChI is InChI=1S/C7H14O3/c1-2-9-7-3-4-8-5-6-10-7/h7H,2-6H2,1H3. The van der Waals surface area contributed by atoms with Gasteiger partial charge in [0.15, 0.2) is 6.29 Å². The average molecular weight is 146 g/mol. The molecule has 1 aliphatic rings. The van der Waals surface area contributed by atoms with Crippen LogP contribution < -0.4 is 0 Å². The summed E-state index contributed by atoms with van der Waals surface area (Å²) in [6.07, 6.45) is 0.820. The van der Waals surface area contributed by atoms with Gasteiger partial charge in [0, 0.05) is 13.0 Å². The van der Waals surface area contributed by atoms with E-state index in [0.29, 0.717) is 19.8 Å². The molecular weight excluding hydrogens is 132 g/mol. The molecule has 1 aliphatic heterocycles. The fourth-order valence-electron chi connectivity index (χ4n) is 0.921. The molecule has 1 heterocycles. The fourth-order valence-corrected chi connectivity index (χ4v) is 0.921. The highest BCUT2D eigenvalue weighted by Crippen LogP contribution is 2.04. The molecule has 0 bridgehead atoms. The highest BCUT2D eigenvalue weighted by Gasteiger charge is 2.11. The van der Waals surface area contributed by atoms with Gasteiger partial charge < -0.3 is 14.2 Å². The van der Waals surface area contributed by atoms with Crippen LogP contribution in [-0.4, -0.2) is 32.7 Å². The van der Waals surface area contributed by atoms with Gasteiger partial charge in [-0.25, -0.2) is 0 Å². The van der Waals surface area contributed by atoms with Gasteiger partial charge in [-0.3, -0.25) is 0 Å². The van der Waals surface area contributed by atoms with E-state index in [1.165, 1.54) is 0 Å². The van der Waals surface area contributed by atoms with Crippen LogP contribution in [0.2, 0.25) is 0 Å². The molecule has 0 aromatic rings. The fraction of sp³-hybridized carbons (Fsp3) is 1.00. The van der Waals surface area contributed by atoms with Crippen LogP contribution >= 0.6 is 0 Å². The van der Waals surface area contributed by atoms with Crippen LogP contribution in [0.1, 0.15) is 13.3 Å². The first-order valence-corrected chi connectivity index (χ1v) is 3.74. The Kier molecular flexibility index (Phi) is 3.72. The first-order valence-electron chi connectivity index (χ1n) is 3.74. The third kappa shape index (κ3) is 2.64. The largest absolute Gasteiger partial charge is 0.379 e. The SMILES string of the molecule is CCOC1CCOCCO1. The molecule has 0 spiro atoms. The van der Waals surface area contributed by atoms with Gasteiger partial charge in [-0.05, 0) is 6.92 Å². The van der Waals surface area contributed by atoms with Gasteiger partial charge in [-0.1, -0.05) is 0 Å². The van der Waals surface area contributed by atoms with Crippen LogP contribution in [0, 0.1) is 0 Å². The van der Waals surface area contributed by atoms with E-state index in [9.17, 15) is 0 Å². The van der Waals surface area contributed by atoms with Crippen LogP contribution in [0.3, 0.4) is 0 Å². The summed E-state index contributed by atoms with van der Waals surface area (Å²) in [6.45, 7) is 4.79. The highest BCUT2D eigenvalue weighted by atomic mass is 16.7. The maximum absolute atomic E-state index is 5.30. The monoisotopic (exact) mass is 146 g/mol. The van der Waals surface area contributed by atoms with Gasteiger partial charge in [0.25, 0.3) is 0 Å². The van der Waals surface area contributed by atoms with E-state index in [1.54, 1.807) is 0 Å². The molecule has 0 aliphatic carbocycles. The zero-order chi connectivity index (χ0) is 7.23. The van der Waals surface area contributed by atoms with Crippen molar-refractivity contribution >= 4 is 0 Å². The average Bonchev–Trinajstić information content (AvgIpc) is 2.17. The lowest BCUT2D eigenvalue weighted by atomic mass is 10.4. The Balaban J connectivity index is 2.15. The van der Waals surface area contributed by atoms with Crippen molar-refractivity contribution in [2.75, 3.05) is 26.4 Å². The molecule has 1 unspecified atom stereocenters. The summed E-state index contributed by atoms with van der Waals surface area (Å²) in [5.41, 5.74) is 0. The maximum atomic E-state index is 5.30. The minimum Gasteiger partial charge on any atom is -0.379 e. The Morgan fingerprint density at radius 3 is 3.10 bits per heavy atom. The van der Waals surface area contributed by atoms with Crippen molar-refractivity contribution in [2.45, 2.75) is 19.6 Å². The molecule has 0 aromatic carbocycles. The Morgan fingerprint density at radius 1 is 1.40 bits per heavy atom. The molecule has 3 nitrogen and oxygen atoms in total. The van der Waals surface area contributed by atoms with Gasteiger partial charge in [-0.15, -0.1) is 0 Å². The summed E-state index contributed by atoms with van der Waals surface area (Å²) in [5, 5.41) is 0. The van der Waals surface area contributed by atoms with E-state index in [1.807, 2.05) is 6.92 Å². The Bertz CT molecular complexity index is 76.9. The second-order valence-corrected chi connectivity index (χ2v) is 2.16. The predicted molar refractivity (Wildman–Crippen MR) is 36.8 cm³/mol. The third-order valence-corrected chi connectivity index (χ3v) is 1.38. The van der Waals surface area contributed by atoms with Crippen LogP contribution in [0.15, 0.2) is 0 Å². The summed E-state index contributed by atoms with van der Waals surface area (Å²) in [4.78, 5) is 0. The van der Waals surface area contributed by atoms with Gasteiger partial charge in [-0.2, -0.15) is 0 Å². The Labute approximate surface area is 61.3 Å². The Morgan fingerprint density at radius 2 is 2.30 bits per heavy atom. The van der Waals surface area contributed by atoms with Crippen molar-refractivity contribution in [1.82, 2.24) is 0 Å². The summed E-state index contributed by atoms with van der Waals surface area (Å²) in [6, 6.07) is 0. The minimum atomic E-state index is -0.0347. The van der Waals surface area contributed by atoms with Gasteiger partial charge in [0.2, 0.25) is 0 Å². The van der Waals surface area contributed by atoms with Crippen molar-refractivity contribution in [2.24, 2.45) is 0 Å². The molecule has 0 aromatic heterocycles. The zero-order valence-corrected chi connectivity index (χ0v) is 6.34. The van der Waals surface area contributed by atoms with Crippen LogP contribution in [0.5, 0.6) is 0 Å². The lowest BCUT2D eigenvalue weighted by Crippen LogP contribution is -2.16. The van der Waals surface area contributed by atoms with Crippen molar-refractivity contribution in [3.8, 4) is 0 Å². The van der Waals surface area contributed by atoms with Crippen molar-refractivity contribution in [3.05, 3.63) is 0 Å². The highest BCUT2D eigenvalue weighted by molar-refractivity contribution is 4.48. The van der Waals surface area contributed by atoms with E-state index >= 15 is 0 Å². The van der Waals surface area contributed by atoms with Crippen LogP contribution in [0.25, 0.3) is 0 Å². The first-order chi connectivity index (χ1) is 4.93. The molecule has 10 heavy (non-hydrogen) atoms. The third-order valence-electron chi connectivity index (χ3n) is 1.38. The van der Waals surface area contributed by atoms with Crippen molar-refractivity contribution in [1.29, 1.82) is 0 Å². The molecular formula is C7H14O3. The van der Waals surface area contributed by atoms with Crippen LogP contribution in [-0.2, 0) is 14.2 Å². The first kappa shape index (κ1) is 7.98. The second-order valence-electron chi connectivity index (χ2n) is 2.16. The van der Waals surface area contributed by atoms with Gasteiger partial charge in [0.1, 0.15) is 0 Å². The van der Waals surface area contributed by atoms with E-state index in [2.05, 4.69) is 0 Å². The second kappa shape index (κ2) is 4.66. The zero-order valence-electron chi connectivity index (χ0n) is 6.34. The van der Waals surface area contributed by atoms with E-state index in [4.69, 9.17) is 14.2 Å². The maximum Gasteiger partial charge on any atom is 0.159 e. The Hall–Kier alpha value is -0.120. The number of rotatable bonds is 2. The number of ether oxygens (including phenoxy) is 3. The smallest absolute Gasteiger partial charge is 0.159 e. The summed E-state index contributed by atoms with van der Waals surface area (Å²) < 4.78 is 15.7. The molecule has 0 amide bonds. The lowest BCUT2D eigenvalue weighted by Gasteiger charge is -2.12. The summed E-state index contributed by atoms with van der Waals surface area (Å²) >= 11 is 0. The van der Waals surface area contributed by atoms with Crippen LogP contribution in [0.4, 0.5) is 0 Å². The summed E-state index contributed by atoms with van der Waals surface area (Å²) in [5.74, 6) is 0. The topological polar surface area (TPSA) is 27.7 Å². The quantitative estimate of drug-likeness (QED) is 0.576. The summed E-state index contributed by atoms with van der Waals surface area (Å²) in [7, 11) is 0. The number of hydrogen-bond acceptors (Lipinski definition) is 3. The van der Waals surface area contributed by atoms with E-state index in [0.717, 1.165) is 13.0 Å². The molecule has 0 radical (unpaired) electrons. The predicted octanol–water partition coefficient (Wildman–Crippen LogP) is 0.786. The van der Waals surface area contributed by atoms with Gasteiger partial charge >= 0.3 is 0 Å². The van der Waals surface area contributed by atoms with Gasteiger partial charge in [0.05, 0.1) is 19.8 Å². The van der Waals surface area contributed by atoms with E-state index in [-0.39, 0.29) is 6.29 Å². The minimum absolute atomic E-state index is 0.0347. The molecule has 1 atom stereocenters. The molecule has 1 saturated heterocycles. The molecule has 0 N–H and O–H groups in total. The normalized spacial score (nSPS) is 27.9.